The van der Waals surface area contributed by atoms with E-state index in [1.165, 1.54) is 5.56 Å². The fourth-order valence-corrected chi connectivity index (χ4v) is 2.29. The van der Waals surface area contributed by atoms with E-state index in [1.807, 2.05) is 45.0 Å². The zero-order valence-corrected chi connectivity index (χ0v) is 16.1. The van der Waals surface area contributed by atoms with Gasteiger partial charge in [-0.3, -0.25) is 0 Å². The topological polar surface area (TPSA) is 94.4 Å². The van der Waals surface area contributed by atoms with E-state index < -0.39 is 0 Å². The molecule has 6 heteroatoms. The number of nitrogen functional groups attached to an aromatic ring is 1. The van der Waals surface area contributed by atoms with Crippen LogP contribution in [0.25, 0.3) is 0 Å². The van der Waals surface area contributed by atoms with E-state index in [-0.39, 0.29) is 0 Å². The van der Waals surface area contributed by atoms with Gasteiger partial charge in [0.25, 0.3) is 0 Å². The lowest BCUT2D eigenvalue weighted by molar-refractivity contribution is 0.399. The first-order chi connectivity index (χ1) is 11.7. The molecule has 0 aliphatic carbocycles. The van der Waals surface area contributed by atoms with Crippen LogP contribution in [0.3, 0.4) is 0 Å². The second-order valence-electron chi connectivity index (χ2n) is 3.96. The molecule has 0 saturated heterocycles. The van der Waals surface area contributed by atoms with Crippen LogP contribution in [0.15, 0.2) is 47.5 Å². The van der Waals surface area contributed by atoms with E-state index in [2.05, 4.69) is 17.1 Å². The number of rotatable bonds is 4. The Kier molecular flexibility index (Phi) is 18.0. The number of aromatic nitrogens is 1. The number of ether oxygens (including phenoxy) is 1. The van der Waals surface area contributed by atoms with Gasteiger partial charge in [0.05, 0.1) is 7.11 Å². The maximum Gasteiger partial charge on any atom is 0.124 e. The molecule has 0 aliphatic heterocycles. The summed E-state index contributed by atoms with van der Waals surface area (Å²) < 4.78 is 5.12. The number of hydrogen-bond acceptors (Lipinski definition) is 6. The predicted octanol–water partition coefficient (Wildman–Crippen LogP) is 3.56. The molecule has 136 valence electrons. The number of anilines is 1. The average molecular weight is 354 g/mol. The number of methoxy groups -OCH3 is 1. The third-order valence-electron chi connectivity index (χ3n) is 2.32. The lowest BCUT2D eigenvalue weighted by Gasteiger charge is -2.04. The first-order valence-corrected chi connectivity index (χ1v) is 8.80. The van der Waals surface area contributed by atoms with Crippen molar-refractivity contribution in [2.45, 2.75) is 31.4 Å². The van der Waals surface area contributed by atoms with Gasteiger partial charge in [-0.05, 0) is 36.4 Å². The molecule has 0 fully saturated rings. The Hall–Kier alpha value is -1.76. The third kappa shape index (κ3) is 11.8. The van der Waals surface area contributed by atoms with Crippen LogP contribution in [0.1, 0.15) is 26.3 Å². The van der Waals surface area contributed by atoms with Crippen molar-refractivity contribution in [3.05, 3.63) is 48.2 Å². The Morgan fingerprint density at radius 2 is 1.67 bits per heavy atom. The van der Waals surface area contributed by atoms with Gasteiger partial charge >= 0.3 is 0 Å². The first-order valence-electron chi connectivity index (χ1n) is 7.81. The van der Waals surface area contributed by atoms with Crippen molar-refractivity contribution in [2.75, 3.05) is 26.5 Å². The van der Waals surface area contributed by atoms with Crippen LogP contribution < -0.4 is 16.2 Å². The van der Waals surface area contributed by atoms with Crippen molar-refractivity contribution in [3.63, 3.8) is 0 Å². The molecule has 0 unspecified atom stereocenters. The molecule has 0 spiro atoms. The highest BCUT2D eigenvalue weighted by Gasteiger charge is 1.98. The minimum Gasteiger partial charge on any atom is -0.497 e. The number of thioether (sulfide) groups is 1. The van der Waals surface area contributed by atoms with E-state index in [4.69, 9.17) is 21.3 Å². The normalized spacial score (nSPS) is 8.46. The van der Waals surface area contributed by atoms with Gasteiger partial charge in [0, 0.05) is 24.0 Å². The van der Waals surface area contributed by atoms with Crippen molar-refractivity contribution in [1.29, 1.82) is 0 Å². The van der Waals surface area contributed by atoms with Gasteiger partial charge in [-0.15, -0.1) is 11.8 Å². The third-order valence-corrected chi connectivity index (χ3v) is 3.38. The standard InChI is InChI=1S/C13H14N2OS.C2H7N.C2H6.CH4O/c1-16-11-4-2-10(3-5-11)9-17-12-6-7-15-13(14)8-12;1-2-3;2*1-2/h2-8H,9H2,1H3,(H2,14,15);2-3H2,1H3;1-2H3;2H,1H3. The highest BCUT2D eigenvalue weighted by atomic mass is 32.2. The maximum atomic E-state index is 7.00. The number of pyridine rings is 1. The van der Waals surface area contributed by atoms with Gasteiger partial charge in [0.2, 0.25) is 0 Å². The summed E-state index contributed by atoms with van der Waals surface area (Å²) >= 11 is 1.74. The van der Waals surface area contributed by atoms with Gasteiger partial charge < -0.3 is 21.3 Å². The summed E-state index contributed by atoms with van der Waals surface area (Å²) in [7, 11) is 2.67. The quantitative estimate of drug-likeness (QED) is 0.728. The molecule has 5 N–H and O–H groups in total. The van der Waals surface area contributed by atoms with Crippen molar-refractivity contribution in [1.82, 2.24) is 4.98 Å². The lowest BCUT2D eigenvalue weighted by Crippen LogP contribution is -1.89. The zero-order valence-electron chi connectivity index (χ0n) is 15.3. The van der Waals surface area contributed by atoms with Gasteiger partial charge in [-0.25, -0.2) is 4.98 Å². The van der Waals surface area contributed by atoms with Gasteiger partial charge in [0.1, 0.15) is 11.6 Å². The number of nitrogens with zero attached hydrogens (tertiary/aromatic N) is 1. The second-order valence-corrected chi connectivity index (χ2v) is 5.01. The van der Waals surface area contributed by atoms with E-state index in [9.17, 15) is 0 Å². The van der Waals surface area contributed by atoms with Crippen LogP contribution in [0.5, 0.6) is 5.75 Å². The van der Waals surface area contributed by atoms with E-state index >= 15 is 0 Å². The molecule has 0 aliphatic rings. The Morgan fingerprint density at radius 1 is 1.12 bits per heavy atom. The molecular weight excluding hydrogens is 322 g/mol. The summed E-state index contributed by atoms with van der Waals surface area (Å²) in [5, 5.41) is 7.00. The fraction of sp³-hybridized carbons (Fsp3) is 0.389. The smallest absolute Gasteiger partial charge is 0.124 e. The summed E-state index contributed by atoms with van der Waals surface area (Å²) in [5.74, 6) is 2.35. The highest BCUT2D eigenvalue weighted by Crippen LogP contribution is 2.24. The zero-order chi connectivity index (χ0) is 18.8. The molecule has 1 aromatic heterocycles. The number of benzene rings is 1. The Morgan fingerprint density at radius 3 is 2.12 bits per heavy atom. The minimum atomic E-state index is 0.560. The van der Waals surface area contributed by atoms with Gasteiger partial charge in [0.15, 0.2) is 0 Å². The molecule has 0 saturated carbocycles. The summed E-state index contributed by atoms with van der Waals surface area (Å²) in [6.07, 6.45) is 1.73. The van der Waals surface area contributed by atoms with Gasteiger partial charge in [-0.2, -0.15) is 0 Å². The van der Waals surface area contributed by atoms with Crippen molar-refractivity contribution >= 4 is 17.6 Å². The van der Waals surface area contributed by atoms with Crippen LogP contribution in [-0.2, 0) is 5.75 Å². The Labute approximate surface area is 150 Å². The van der Waals surface area contributed by atoms with E-state index in [1.54, 1.807) is 25.1 Å². The first kappa shape index (κ1) is 24.5. The van der Waals surface area contributed by atoms with Gasteiger partial charge in [-0.1, -0.05) is 32.9 Å². The molecule has 0 radical (unpaired) electrons. The van der Waals surface area contributed by atoms with Crippen molar-refractivity contribution in [2.24, 2.45) is 5.73 Å². The molecule has 24 heavy (non-hydrogen) atoms. The summed E-state index contributed by atoms with van der Waals surface area (Å²) in [5.41, 5.74) is 11.7. The van der Waals surface area contributed by atoms with Crippen LogP contribution in [0, 0.1) is 0 Å². The average Bonchev–Trinajstić information content (AvgIpc) is 2.64. The number of aliphatic hydroxyl groups excluding tert-OH is 1. The molecule has 1 aromatic carbocycles. The molecular formula is C18H31N3O2S. The molecule has 2 aromatic rings. The van der Waals surface area contributed by atoms with Crippen LogP contribution in [0.2, 0.25) is 0 Å². The molecule has 0 atom stereocenters. The second kappa shape index (κ2) is 17.6. The number of aliphatic hydroxyl groups is 1. The predicted molar refractivity (Wildman–Crippen MR) is 105 cm³/mol. The van der Waals surface area contributed by atoms with Crippen LogP contribution in [0.4, 0.5) is 5.82 Å². The number of nitrogens with two attached hydrogens (primary N) is 2. The molecule has 5 nitrogen and oxygen atoms in total. The van der Waals surface area contributed by atoms with Crippen LogP contribution >= 0.6 is 11.8 Å². The van der Waals surface area contributed by atoms with Crippen molar-refractivity contribution < 1.29 is 9.84 Å². The molecule has 2 rings (SSSR count). The summed E-state index contributed by atoms with van der Waals surface area (Å²) in [6.45, 7) is 6.65. The largest absolute Gasteiger partial charge is 0.497 e. The Balaban J connectivity index is 0. The Bertz CT molecular complexity index is 508. The lowest BCUT2D eigenvalue weighted by atomic mass is 10.2. The monoisotopic (exact) mass is 353 g/mol. The highest BCUT2D eigenvalue weighted by molar-refractivity contribution is 7.98. The fourth-order valence-electron chi connectivity index (χ4n) is 1.41. The summed E-state index contributed by atoms with van der Waals surface area (Å²) in [6, 6.07) is 11.9. The SMILES string of the molecule is CC.CCN.CO.COc1ccc(CSc2ccnc(N)c2)cc1. The molecule has 1 heterocycles. The maximum absolute atomic E-state index is 7.00. The van der Waals surface area contributed by atoms with Crippen LogP contribution in [-0.4, -0.2) is 30.9 Å². The van der Waals surface area contributed by atoms with E-state index in [0.29, 0.717) is 5.82 Å². The van der Waals surface area contributed by atoms with E-state index in [0.717, 1.165) is 30.1 Å². The van der Waals surface area contributed by atoms with Crippen molar-refractivity contribution in [3.8, 4) is 5.75 Å². The number of hydrogen-bond donors (Lipinski definition) is 3. The molecule has 0 amide bonds. The molecule has 0 bridgehead atoms. The minimum absolute atomic E-state index is 0.560. The summed E-state index contributed by atoms with van der Waals surface area (Å²) in [4.78, 5) is 5.10.